The molecule has 0 aromatic carbocycles. The largest absolute Gasteiger partial charge is 0.395 e. The van der Waals surface area contributed by atoms with Gasteiger partial charge in [0.05, 0.1) is 6.61 Å². The second-order valence-electron chi connectivity index (χ2n) is 4.83. The van der Waals surface area contributed by atoms with E-state index in [2.05, 4.69) is 17.1 Å². The van der Waals surface area contributed by atoms with Crippen LogP contribution >= 0.6 is 0 Å². The monoisotopic (exact) mass is 229 g/mol. The van der Waals surface area contributed by atoms with Crippen molar-refractivity contribution in [1.29, 1.82) is 0 Å². The highest BCUT2D eigenvalue weighted by molar-refractivity contribution is 4.92. The summed E-state index contributed by atoms with van der Waals surface area (Å²) < 4.78 is 0. The molecule has 4 heteroatoms. The fraction of sp³-hybridized carbons (Fsp3) is 1.00. The Morgan fingerprint density at radius 2 is 2.19 bits per heavy atom. The minimum atomic E-state index is 0.0607. The van der Waals surface area contributed by atoms with Crippen LogP contribution in [-0.4, -0.2) is 54.9 Å². The Morgan fingerprint density at radius 1 is 1.38 bits per heavy atom. The molecule has 4 N–H and O–H groups in total. The van der Waals surface area contributed by atoms with Crippen molar-refractivity contribution in [1.82, 2.24) is 10.2 Å². The summed E-state index contributed by atoms with van der Waals surface area (Å²) >= 11 is 0. The van der Waals surface area contributed by atoms with Gasteiger partial charge in [-0.1, -0.05) is 6.92 Å². The molecule has 4 nitrogen and oxygen atoms in total. The van der Waals surface area contributed by atoms with E-state index in [1.165, 1.54) is 25.9 Å². The van der Waals surface area contributed by atoms with E-state index >= 15 is 0 Å². The second kappa shape index (κ2) is 7.22. The van der Waals surface area contributed by atoms with Crippen molar-refractivity contribution in [3.05, 3.63) is 0 Å². The van der Waals surface area contributed by atoms with Gasteiger partial charge in [0, 0.05) is 18.6 Å². The minimum absolute atomic E-state index is 0.0607. The van der Waals surface area contributed by atoms with Crippen molar-refractivity contribution < 1.29 is 5.11 Å². The summed E-state index contributed by atoms with van der Waals surface area (Å²) in [6.45, 7) is 7.27. The van der Waals surface area contributed by atoms with Crippen molar-refractivity contribution in [3.63, 3.8) is 0 Å². The van der Waals surface area contributed by atoms with Gasteiger partial charge in [0.2, 0.25) is 0 Å². The quantitative estimate of drug-likeness (QED) is 0.607. The Balaban J connectivity index is 2.46. The Morgan fingerprint density at radius 3 is 2.81 bits per heavy atom. The zero-order valence-corrected chi connectivity index (χ0v) is 10.5. The summed E-state index contributed by atoms with van der Waals surface area (Å²) in [6, 6.07) is 0. The van der Waals surface area contributed by atoms with Gasteiger partial charge in [0.25, 0.3) is 0 Å². The van der Waals surface area contributed by atoms with Gasteiger partial charge < -0.3 is 21.1 Å². The molecule has 1 aliphatic rings. The van der Waals surface area contributed by atoms with Crippen LogP contribution < -0.4 is 11.1 Å². The van der Waals surface area contributed by atoms with Gasteiger partial charge in [0.15, 0.2) is 0 Å². The number of likely N-dealkylation sites (tertiary alicyclic amines) is 1. The summed E-state index contributed by atoms with van der Waals surface area (Å²) in [5.41, 5.74) is 5.97. The zero-order chi connectivity index (χ0) is 11.9. The third-order valence-corrected chi connectivity index (χ3v) is 3.58. The lowest BCUT2D eigenvalue weighted by Crippen LogP contribution is -2.52. The van der Waals surface area contributed by atoms with Gasteiger partial charge in [-0.05, 0) is 45.3 Å². The maximum Gasteiger partial charge on any atom is 0.0556 e. The molecule has 16 heavy (non-hydrogen) atoms. The lowest BCUT2D eigenvalue weighted by atomic mass is 9.90. The Hall–Kier alpha value is -0.160. The van der Waals surface area contributed by atoms with Crippen molar-refractivity contribution in [2.75, 3.05) is 39.3 Å². The van der Waals surface area contributed by atoms with Crippen LogP contribution in [0.4, 0.5) is 0 Å². The normalized spacial score (nSPS) is 27.9. The SMILES string of the molecule is CCCN1CCCC(CN)(NCCO)CC1. The van der Waals surface area contributed by atoms with Gasteiger partial charge in [-0.3, -0.25) is 0 Å². The van der Waals surface area contributed by atoms with Gasteiger partial charge in [-0.25, -0.2) is 0 Å². The van der Waals surface area contributed by atoms with Crippen molar-refractivity contribution in [2.24, 2.45) is 5.73 Å². The highest BCUT2D eigenvalue weighted by Crippen LogP contribution is 2.21. The highest BCUT2D eigenvalue weighted by atomic mass is 16.3. The predicted molar refractivity (Wildman–Crippen MR) is 67.5 cm³/mol. The van der Waals surface area contributed by atoms with Crippen molar-refractivity contribution >= 4 is 0 Å². The molecule has 0 saturated carbocycles. The van der Waals surface area contributed by atoms with E-state index in [1.807, 2.05) is 0 Å². The standard InChI is InChI=1S/C12H27N3O/c1-2-7-15-8-3-4-12(11-13,5-9-15)14-6-10-16/h14,16H,2-11,13H2,1H3. The van der Waals surface area contributed by atoms with E-state index < -0.39 is 0 Å². The fourth-order valence-corrected chi connectivity index (χ4v) is 2.56. The predicted octanol–water partition coefficient (Wildman–Crippen LogP) is 0.162. The molecule has 1 atom stereocenters. The Labute approximate surface area is 99.2 Å². The number of nitrogens with zero attached hydrogens (tertiary/aromatic N) is 1. The van der Waals surface area contributed by atoms with Crippen LogP contribution in [0.2, 0.25) is 0 Å². The fourth-order valence-electron chi connectivity index (χ4n) is 2.56. The first-order valence-electron chi connectivity index (χ1n) is 6.54. The van der Waals surface area contributed by atoms with Crippen molar-refractivity contribution in [2.45, 2.75) is 38.1 Å². The van der Waals surface area contributed by atoms with Crippen LogP contribution in [0.3, 0.4) is 0 Å². The van der Waals surface area contributed by atoms with Crippen molar-refractivity contribution in [3.8, 4) is 0 Å². The van der Waals surface area contributed by atoms with Crippen LogP contribution in [-0.2, 0) is 0 Å². The van der Waals surface area contributed by atoms with Gasteiger partial charge in [-0.15, -0.1) is 0 Å². The van der Waals surface area contributed by atoms with Gasteiger partial charge in [0.1, 0.15) is 0 Å². The molecule has 96 valence electrons. The van der Waals surface area contributed by atoms with Crippen LogP contribution in [0.25, 0.3) is 0 Å². The number of hydrogen-bond donors (Lipinski definition) is 3. The molecule has 0 radical (unpaired) electrons. The first kappa shape index (κ1) is 13.9. The van der Waals surface area contributed by atoms with E-state index in [0.717, 1.165) is 19.4 Å². The molecular formula is C12H27N3O. The van der Waals surface area contributed by atoms with Crippen LogP contribution in [0.5, 0.6) is 0 Å². The van der Waals surface area contributed by atoms with E-state index in [0.29, 0.717) is 13.1 Å². The number of β-amino-alcohol motifs (C(OH)–C–C–N with tert-alkyl or cyclic N) is 1. The molecule has 0 aromatic heterocycles. The third kappa shape index (κ3) is 4.01. The number of rotatable bonds is 6. The second-order valence-corrected chi connectivity index (χ2v) is 4.83. The molecule has 1 unspecified atom stereocenters. The summed E-state index contributed by atoms with van der Waals surface area (Å²) in [5, 5.41) is 12.3. The molecule has 0 aliphatic carbocycles. The number of aliphatic hydroxyl groups excluding tert-OH is 1. The summed E-state index contributed by atoms with van der Waals surface area (Å²) in [6.07, 6.45) is 4.66. The summed E-state index contributed by atoms with van der Waals surface area (Å²) in [5.74, 6) is 0. The van der Waals surface area contributed by atoms with Crippen LogP contribution in [0, 0.1) is 0 Å². The maximum atomic E-state index is 8.90. The molecule has 0 amide bonds. The number of nitrogens with one attached hydrogen (secondary N) is 1. The maximum absolute atomic E-state index is 8.90. The molecule has 0 aromatic rings. The first-order chi connectivity index (χ1) is 7.76. The Kier molecular flexibility index (Phi) is 6.28. The van der Waals surface area contributed by atoms with Crippen LogP contribution in [0.15, 0.2) is 0 Å². The molecule has 1 rings (SSSR count). The molecule has 1 aliphatic heterocycles. The van der Waals surface area contributed by atoms with Crippen LogP contribution in [0.1, 0.15) is 32.6 Å². The zero-order valence-electron chi connectivity index (χ0n) is 10.5. The Bertz CT molecular complexity index is 189. The lowest BCUT2D eigenvalue weighted by Gasteiger charge is -2.32. The third-order valence-electron chi connectivity index (χ3n) is 3.58. The first-order valence-corrected chi connectivity index (χ1v) is 6.54. The van der Waals surface area contributed by atoms with E-state index in [4.69, 9.17) is 10.8 Å². The average molecular weight is 229 g/mol. The van der Waals surface area contributed by atoms with Gasteiger partial charge >= 0.3 is 0 Å². The highest BCUT2D eigenvalue weighted by Gasteiger charge is 2.30. The number of hydrogen-bond acceptors (Lipinski definition) is 4. The molecule has 1 heterocycles. The smallest absolute Gasteiger partial charge is 0.0556 e. The molecule has 0 spiro atoms. The lowest BCUT2D eigenvalue weighted by molar-refractivity contribution is 0.230. The molecular weight excluding hydrogens is 202 g/mol. The molecule has 0 bridgehead atoms. The molecule has 1 fully saturated rings. The number of aliphatic hydroxyl groups is 1. The minimum Gasteiger partial charge on any atom is -0.395 e. The topological polar surface area (TPSA) is 61.5 Å². The van der Waals surface area contributed by atoms with E-state index in [9.17, 15) is 0 Å². The van der Waals surface area contributed by atoms with E-state index in [-0.39, 0.29) is 12.1 Å². The number of nitrogens with two attached hydrogens (primary N) is 1. The van der Waals surface area contributed by atoms with E-state index in [1.54, 1.807) is 0 Å². The molecule has 1 saturated heterocycles. The summed E-state index contributed by atoms with van der Waals surface area (Å²) in [7, 11) is 0. The summed E-state index contributed by atoms with van der Waals surface area (Å²) in [4.78, 5) is 2.53. The van der Waals surface area contributed by atoms with Gasteiger partial charge in [-0.2, -0.15) is 0 Å². The average Bonchev–Trinajstić information content (AvgIpc) is 2.51.